The Morgan fingerprint density at radius 2 is 1.92 bits per heavy atom. The van der Waals surface area contributed by atoms with E-state index in [1.54, 1.807) is 32.4 Å². The minimum Gasteiger partial charge on any atom is -0.461 e. The molecule has 1 aromatic carbocycles. The van der Waals surface area contributed by atoms with Gasteiger partial charge in [0.25, 0.3) is 10.0 Å². The first kappa shape index (κ1) is 18.5. The summed E-state index contributed by atoms with van der Waals surface area (Å²) in [5.41, 5.74) is 3.01. The Morgan fingerprint density at radius 1 is 1.23 bits per heavy atom. The second-order valence-corrected chi connectivity index (χ2v) is 8.28. The Bertz CT molecular complexity index is 960. The van der Waals surface area contributed by atoms with Crippen molar-refractivity contribution >= 4 is 21.7 Å². The van der Waals surface area contributed by atoms with Gasteiger partial charge in [-0.1, -0.05) is 18.2 Å². The van der Waals surface area contributed by atoms with Crippen molar-refractivity contribution < 1.29 is 17.9 Å². The van der Waals surface area contributed by atoms with E-state index in [-0.39, 0.29) is 17.2 Å². The summed E-state index contributed by atoms with van der Waals surface area (Å²) in [5, 5.41) is 0. The van der Waals surface area contributed by atoms with Gasteiger partial charge in [-0.15, -0.1) is 0 Å². The molecule has 2 heterocycles. The van der Waals surface area contributed by atoms with Crippen molar-refractivity contribution in [2.24, 2.45) is 7.05 Å². The molecule has 3 rings (SSSR count). The Morgan fingerprint density at radius 3 is 2.62 bits per heavy atom. The lowest BCUT2D eigenvalue weighted by molar-refractivity contribution is 0.0514. The summed E-state index contributed by atoms with van der Waals surface area (Å²) < 4.78 is 35.2. The summed E-state index contributed by atoms with van der Waals surface area (Å²) in [6.07, 6.45) is 1.63. The number of carbonyl (C=O) groups excluding carboxylic acids is 1. The van der Waals surface area contributed by atoms with Crippen LogP contribution in [0.3, 0.4) is 0 Å². The number of nitrogens with zero attached hydrogens (tertiary/aromatic N) is 2. The van der Waals surface area contributed by atoms with Crippen molar-refractivity contribution in [1.29, 1.82) is 0 Å². The van der Waals surface area contributed by atoms with Gasteiger partial charge in [0.05, 0.1) is 12.3 Å². The molecule has 140 valence electrons. The summed E-state index contributed by atoms with van der Waals surface area (Å²) in [7, 11) is -2.09. The number of fused-ring (bicyclic) bond motifs is 1. The van der Waals surface area contributed by atoms with Gasteiger partial charge in [-0.2, -0.15) is 0 Å². The first-order chi connectivity index (χ1) is 12.3. The fraction of sp³-hybridized carbons (Fsp3) is 0.421. The van der Waals surface area contributed by atoms with Gasteiger partial charge in [-0.25, -0.2) is 13.2 Å². The molecule has 6 nitrogen and oxygen atoms in total. The lowest BCUT2D eigenvalue weighted by Gasteiger charge is -2.30. The number of aromatic nitrogens is 1. The molecular weight excluding hydrogens is 352 g/mol. The van der Waals surface area contributed by atoms with Crippen LogP contribution in [0.4, 0.5) is 5.69 Å². The van der Waals surface area contributed by atoms with Crippen molar-refractivity contribution in [3.8, 4) is 0 Å². The third-order valence-electron chi connectivity index (χ3n) is 4.95. The van der Waals surface area contributed by atoms with Crippen LogP contribution >= 0.6 is 0 Å². The first-order valence-corrected chi connectivity index (χ1v) is 10.2. The molecule has 1 aromatic heterocycles. The Balaban J connectivity index is 2.15. The summed E-state index contributed by atoms with van der Waals surface area (Å²) in [4.78, 5) is 12.5. The molecule has 0 saturated heterocycles. The smallest absolute Gasteiger partial charge is 0.355 e. The molecule has 0 aliphatic carbocycles. The Kier molecular flexibility index (Phi) is 4.84. The maximum atomic E-state index is 13.5. The average molecular weight is 376 g/mol. The van der Waals surface area contributed by atoms with E-state index in [0.717, 1.165) is 24.1 Å². The minimum absolute atomic E-state index is 0.194. The number of anilines is 1. The van der Waals surface area contributed by atoms with E-state index in [9.17, 15) is 13.2 Å². The SMILES string of the molecule is CCOC(=O)c1c(C)c(S(=O)(=O)N2CCCc3ccccc32)c(C)n1C. The van der Waals surface area contributed by atoms with E-state index in [0.29, 0.717) is 17.8 Å². The standard InChI is InChI=1S/C19H24N2O4S/c1-5-25-19(22)17-13(2)18(14(3)20(17)4)26(23,24)21-12-8-10-15-9-6-7-11-16(15)21/h6-7,9,11H,5,8,10,12H2,1-4H3. The molecule has 0 amide bonds. The van der Waals surface area contributed by atoms with Crippen LogP contribution in [0, 0.1) is 13.8 Å². The van der Waals surface area contributed by atoms with Crippen molar-refractivity contribution in [3.63, 3.8) is 0 Å². The van der Waals surface area contributed by atoms with Gasteiger partial charge in [-0.3, -0.25) is 4.31 Å². The maximum Gasteiger partial charge on any atom is 0.355 e. The molecule has 26 heavy (non-hydrogen) atoms. The fourth-order valence-corrected chi connectivity index (χ4v) is 5.70. The van der Waals surface area contributed by atoms with Crippen LogP contribution in [0.25, 0.3) is 0 Å². The predicted octanol–water partition coefficient (Wildman–Crippen LogP) is 2.96. The fourth-order valence-electron chi connectivity index (χ4n) is 3.68. The largest absolute Gasteiger partial charge is 0.461 e. The van der Waals surface area contributed by atoms with Crippen LogP contribution in [-0.2, 0) is 28.2 Å². The molecule has 0 fully saturated rings. The van der Waals surface area contributed by atoms with Gasteiger partial charge >= 0.3 is 5.97 Å². The molecule has 0 saturated carbocycles. The molecule has 7 heteroatoms. The second-order valence-electron chi connectivity index (χ2n) is 6.48. The highest BCUT2D eigenvalue weighted by Gasteiger charge is 2.35. The number of ether oxygens (including phenoxy) is 1. The number of aryl methyl sites for hydroxylation is 1. The highest BCUT2D eigenvalue weighted by Crippen LogP contribution is 2.35. The van der Waals surface area contributed by atoms with E-state index in [2.05, 4.69) is 0 Å². The predicted molar refractivity (Wildman–Crippen MR) is 100 cm³/mol. The van der Waals surface area contributed by atoms with E-state index in [1.165, 1.54) is 4.31 Å². The van der Waals surface area contributed by atoms with Crippen molar-refractivity contribution in [2.75, 3.05) is 17.5 Å². The molecule has 0 radical (unpaired) electrons. The van der Waals surface area contributed by atoms with E-state index >= 15 is 0 Å². The zero-order valence-electron chi connectivity index (χ0n) is 15.6. The summed E-state index contributed by atoms with van der Waals surface area (Å²) in [5.74, 6) is -0.504. The van der Waals surface area contributed by atoms with Gasteiger partial charge in [0, 0.05) is 24.8 Å². The highest BCUT2D eigenvalue weighted by atomic mass is 32.2. The van der Waals surface area contributed by atoms with Crippen LogP contribution in [-0.4, -0.2) is 32.1 Å². The molecule has 0 spiro atoms. The van der Waals surface area contributed by atoms with Crippen LogP contribution in [0.5, 0.6) is 0 Å². The van der Waals surface area contributed by atoms with Crippen LogP contribution in [0.2, 0.25) is 0 Å². The number of hydrogen-bond acceptors (Lipinski definition) is 4. The molecule has 2 aromatic rings. The second kappa shape index (κ2) is 6.79. The normalized spacial score (nSPS) is 14.2. The Hall–Kier alpha value is -2.28. The quantitative estimate of drug-likeness (QED) is 0.770. The van der Waals surface area contributed by atoms with Crippen LogP contribution < -0.4 is 4.31 Å². The maximum absolute atomic E-state index is 13.5. The van der Waals surface area contributed by atoms with Crippen molar-refractivity contribution in [3.05, 3.63) is 46.8 Å². The van der Waals surface area contributed by atoms with Crippen LogP contribution in [0.1, 0.15) is 40.7 Å². The molecule has 0 atom stereocenters. The summed E-state index contributed by atoms with van der Waals surface area (Å²) >= 11 is 0. The molecule has 0 unspecified atom stereocenters. The average Bonchev–Trinajstić information content (AvgIpc) is 2.84. The zero-order chi connectivity index (χ0) is 19.1. The number of benzene rings is 1. The highest BCUT2D eigenvalue weighted by molar-refractivity contribution is 7.93. The zero-order valence-corrected chi connectivity index (χ0v) is 16.4. The lowest BCUT2D eigenvalue weighted by Crippen LogP contribution is -2.36. The van der Waals surface area contributed by atoms with Crippen molar-refractivity contribution in [1.82, 2.24) is 4.57 Å². The van der Waals surface area contributed by atoms with Crippen LogP contribution in [0.15, 0.2) is 29.2 Å². The van der Waals surface area contributed by atoms with E-state index in [4.69, 9.17) is 4.74 Å². The van der Waals surface area contributed by atoms with Gasteiger partial charge in [0.15, 0.2) is 0 Å². The number of para-hydroxylation sites is 1. The van der Waals surface area contributed by atoms with Gasteiger partial charge < -0.3 is 9.30 Å². The monoisotopic (exact) mass is 376 g/mol. The lowest BCUT2D eigenvalue weighted by atomic mass is 10.0. The number of rotatable bonds is 4. The molecule has 0 N–H and O–H groups in total. The Labute approximate surface area is 154 Å². The van der Waals surface area contributed by atoms with Crippen molar-refractivity contribution in [2.45, 2.75) is 38.5 Å². The topological polar surface area (TPSA) is 68.6 Å². The third-order valence-corrected chi connectivity index (χ3v) is 7.02. The minimum atomic E-state index is -3.78. The number of carbonyl (C=O) groups is 1. The molecule has 1 aliphatic heterocycles. The molecule has 0 bridgehead atoms. The molecular formula is C19H24N2O4S. The number of sulfonamides is 1. The summed E-state index contributed by atoms with van der Waals surface area (Å²) in [6, 6.07) is 7.58. The van der Waals surface area contributed by atoms with Gasteiger partial charge in [-0.05, 0) is 45.2 Å². The first-order valence-electron chi connectivity index (χ1n) is 8.74. The molecule has 1 aliphatic rings. The summed E-state index contributed by atoms with van der Waals surface area (Å²) in [6.45, 7) is 5.79. The number of hydrogen-bond donors (Lipinski definition) is 0. The van der Waals surface area contributed by atoms with E-state index in [1.807, 2.05) is 24.3 Å². The van der Waals surface area contributed by atoms with Gasteiger partial charge in [0.1, 0.15) is 10.6 Å². The third kappa shape index (κ3) is 2.80. The van der Waals surface area contributed by atoms with E-state index < -0.39 is 16.0 Å². The number of esters is 1. The van der Waals surface area contributed by atoms with Gasteiger partial charge in [0.2, 0.25) is 0 Å².